The number of nitrogens with zero attached hydrogens (tertiary/aromatic N) is 4. The number of thiol groups is 1. The Morgan fingerprint density at radius 1 is 1.34 bits per heavy atom. The van der Waals surface area contributed by atoms with Crippen molar-refractivity contribution in [1.82, 2.24) is 15.5 Å². The minimum atomic E-state index is -1.02. The maximum absolute atomic E-state index is 12.9. The van der Waals surface area contributed by atoms with Gasteiger partial charge in [-0.3, -0.25) is 14.4 Å². The minimum Gasteiger partial charge on any atom is -0.461 e. The molecule has 0 aliphatic carbocycles. The number of esters is 1. The summed E-state index contributed by atoms with van der Waals surface area (Å²) in [5.74, 6) is -1.47. The van der Waals surface area contributed by atoms with Gasteiger partial charge in [-0.2, -0.15) is 12.6 Å². The number of ether oxygens (including phenoxy) is 2. The molecule has 0 bridgehead atoms. The zero-order valence-corrected chi connectivity index (χ0v) is 19.3. The monoisotopic (exact) mass is 468 g/mol. The number of alkyl carbamates (subject to hydrolysis) is 1. The molecule has 2 aliphatic heterocycles. The largest absolute Gasteiger partial charge is 0.461 e. The number of carbonyl (C=O) groups is 4. The summed E-state index contributed by atoms with van der Waals surface area (Å²) >= 11 is 4.52. The Morgan fingerprint density at radius 3 is 2.62 bits per heavy atom. The molecule has 0 aromatic carbocycles. The highest BCUT2D eigenvalue weighted by molar-refractivity contribution is 7.81. The Balaban J connectivity index is 2.18. The van der Waals surface area contributed by atoms with Gasteiger partial charge in [0.15, 0.2) is 0 Å². The molecule has 0 spiro atoms. The van der Waals surface area contributed by atoms with Crippen LogP contribution in [-0.4, -0.2) is 77.4 Å². The highest BCUT2D eigenvalue weighted by atomic mass is 32.1. The molecule has 2 rings (SSSR count). The first-order valence-corrected chi connectivity index (χ1v) is 10.6. The number of fused-ring (bicyclic) bond motifs is 1. The van der Waals surface area contributed by atoms with Gasteiger partial charge in [-0.25, -0.2) is 4.79 Å². The first kappa shape index (κ1) is 25.3. The van der Waals surface area contributed by atoms with Gasteiger partial charge in [0.2, 0.25) is 11.8 Å². The fourth-order valence-electron chi connectivity index (χ4n) is 3.47. The van der Waals surface area contributed by atoms with Gasteiger partial charge in [0.05, 0.1) is 6.04 Å². The van der Waals surface area contributed by atoms with Gasteiger partial charge in [0.1, 0.15) is 24.3 Å². The SMILES string of the molecule is CC(=O)OCC1=C[C@@H](S)[C@H]2[C@@H](NC(=O)OC(C)(C)C)C(=O)N2[C@H]1C(=O)NCCCN=[N+]=[N-]. The fraction of sp³-hybridized carbons (Fsp3) is 0.684. The summed E-state index contributed by atoms with van der Waals surface area (Å²) in [5.41, 5.74) is 8.00. The molecule has 0 unspecified atom stereocenters. The highest BCUT2D eigenvalue weighted by Gasteiger charge is 2.58. The molecule has 2 aliphatic rings. The fourth-order valence-corrected chi connectivity index (χ4v) is 3.98. The Morgan fingerprint density at radius 2 is 2.03 bits per heavy atom. The van der Waals surface area contributed by atoms with Gasteiger partial charge in [-0.1, -0.05) is 11.2 Å². The van der Waals surface area contributed by atoms with Crippen molar-refractivity contribution in [3.8, 4) is 0 Å². The van der Waals surface area contributed by atoms with Gasteiger partial charge in [0, 0.05) is 30.2 Å². The highest BCUT2D eigenvalue weighted by Crippen LogP contribution is 2.36. The summed E-state index contributed by atoms with van der Waals surface area (Å²) in [5, 5.41) is 8.14. The summed E-state index contributed by atoms with van der Waals surface area (Å²) in [6.07, 6.45) is 1.33. The number of rotatable bonds is 8. The lowest BCUT2D eigenvalue weighted by atomic mass is 9.82. The van der Waals surface area contributed by atoms with Crippen LogP contribution in [0.2, 0.25) is 0 Å². The number of nitrogens with one attached hydrogen (secondary N) is 2. The smallest absolute Gasteiger partial charge is 0.408 e. The van der Waals surface area contributed by atoms with Gasteiger partial charge >= 0.3 is 12.1 Å². The van der Waals surface area contributed by atoms with Gasteiger partial charge in [-0.15, -0.1) is 0 Å². The van der Waals surface area contributed by atoms with Crippen LogP contribution in [0.4, 0.5) is 4.79 Å². The summed E-state index contributed by atoms with van der Waals surface area (Å²) < 4.78 is 10.3. The Labute approximate surface area is 191 Å². The van der Waals surface area contributed by atoms with Crippen LogP contribution in [0.25, 0.3) is 10.4 Å². The zero-order chi connectivity index (χ0) is 24.1. The van der Waals surface area contributed by atoms with Gasteiger partial charge in [0.25, 0.3) is 0 Å². The van der Waals surface area contributed by atoms with Crippen molar-refractivity contribution in [1.29, 1.82) is 0 Å². The third kappa shape index (κ3) is 6.30. The molecular formula is C19H28N6O6S. The quantitative estimate of drug-likeness (QED) is 0.0705. The van der Waals surface area contributed by atoms with Crippen LogP contribution in [0.3, 0.4) is 0 Å². The van der Waals surface area contributed by atoms with Crippen molar-refractivity contribution in [2.75, 3.05) is 19.7 Å². The van der Waals surface area contributed by atoms with Crippen LogP contribution in [0.15, 0.2) is 16.8 Å². The topological polar surface area (TPSA) is 163 Å². The van der Waals surface area contributed by atoms with Gasteiger partial charge < -0.3 is 25.0 Å². The summed E-state index contributed by atoms with van der Waals surface area (Å²) in [6, 6.07) is -2.51. The molecule has 0 aromatic rings. The number of β-lactam (4-membered cyclic amide) rings is 1. The van der Waals surface area contributed by atoms with Crippen LogP contribution >= 0.6 is 12.6 Å². The summed E-state index contributed by atoms with van der Waals surface area (Å²) in [7, 11) is 0. The second-order valence-corrected chi connectivity index (χ2v) is 8.97. The average Bonchev–Trinajstić information content (AvgIpc) is 2.68. The zero-order valence-electron chi connectivity index (χ0n) is 18.4. The van der Waals surface area contributed by atoms with Crippen molar-refractivity contribution < 1.29 is 28.7 Å². The van der Waals surface area contributed by atoms with Crippen molar-refractivity contribution in [2.45, 2.75) is 63.1 Å². The molecule has 12 nitrogen and oxygen atoms in total. The van der Waals surface area contributed by atoms with E-state index in [1.807, 2.05) is 0 Å². The second kappa shape index (κ2) is 10.6. The predicted octanol–water partition coefficient (Wildman–Crippen LogP) is 1.08. The Hall–Kier alpha value is -2.92. The van der Waals surface area contributed by atoms with E-state index in [0.29, 0.717) is 12.0 Å². The van der Waals surface area contributed by atoms with Crippen LogP contribution in [0.1, 0.15) is 34.1 Å². The minimum absolute atomic E-state index is 0.177. The molecule has 0 saturated carbocycles. The molecule has 13 heteroatoms. The first-order valence-electron chi connectivity index (χ1n) is 10.1. The molecule has 32 heavy (non-hydrogen) atoms. The first-order chi connectivity index (χ1) is 15.0. The molecule has 1 saturated heterocycles. The third-order valence-electron chi connectivity index (χ3n) is 4.71. The number of hydrogen-bond donors (Lipinski definition) is 3. The van der Waals surface area contributed by atoms with Crippen molar-refractivity contribution in [3.05, 3.63) is 22.1 Å². The van der Waals surface area contributed by atoms with E-state index in [1.54, 1.807) is 26.8 Å². The van der Waals surface area contributed by atoms with Crippen LogP contribution < -0.4 is 10.6 Å². The number of azide groups is 1. The van der Waals surface area contributed by atoms with E-state index >= 15 is 0 Å². The van der Waals surface area contributed by atoms with E-state index in [-0.39, 0.29) is 19.7 Å². The number of carbonyl (C=O) groups excluding carboxylic acids is 4. The molecule has 0 aromatic heterocycles. The van der Waals surface area contributed by atoms with Crippen molar-refractivity contribution >= 4 is 36.5 Å². The van der Waals surface area contributed by atoms with Crippen molar-refractivity contribution in [2.24, 2.45) is 5.11 Å². The lowest BCUT2D eigenvalue weighted by molar-refractivity contribution is -0.159. The summed E-state index contributed by atoms with van der Waals surface area (Å²) in [6.45, 7) is 6.62. The lowest BCUT2D eigenvalue weighted by Gasteiger charge is -2.54. The van der Waals surface area contributed by atoms with E-state index in [0.717, 1.165) is 0 Å². The average molecular weight is 469 g/mol. The number of amides is 3. The maximum atomic E-state index is 12.9. The van der Waals surface area contributed by atoms with E-state index in [4.69, 9.17) is 15.0 Å². The molecular weight excluding hydrogens is 440 g/mol. The Bertz CT molecular complexity index is 850. The van der Waals surface area contributed by atoms with E-state index in [9.17, 15) is 19.2 Å². The van der Waals surface area contributed by atoms with Crippen LogP contribution in [0, 0.1) is 0 Å². The Kier molecular flexibility index (Phi) is 8.39. The van der Waals surface area contributed by atoms with Gasteiger partial charge in [-0.05, 0) is 38.3 Å². The van der Waals surface area contributed by atoms with E-state index in [1.165, 1.54) is 11.8 Å². The van der Waals surface area contributed by atoms with E-state index < -0.39 is 52.9 Å². The summed E-state index contributed by atoms with van der Waals surface area (Å²) in [4.78, 5) is 53.2. The number of hydrogen-bond acceptors (Lipinski definition) is 8. The molecule has 176 valence electrons. The third-order valence-corrected chi connectivity index (χ3v) is 5.16. The molecule has 1 fully saturated rings. The van der Waals surface area contributed by atoms with Crippen LogP contribution in [0.5, 0.6) is 0 Å². The van der Waals surface area contributed by atoms with Crippen LogP contribution in [-0.2, 0) is 23.9 Å². The molecule has 2 N–H and O–H groups in total. The lowest BCUT2D eigenvalue weighted by Crippen LogP contribution is -2.78. The molecule has 0 radical (unpaired) electrons. The molecule has 4 atom stereocenters. The molecule has 3 amide bonds. The normalized spacial score (nSPS) is 24.2. The van der Waals surface area contributed by atoms with Crippen molar-refractivity contribution in [3.63, 3.8) is 0 Å². The molecule has 2 heterocycles. The second-order valence-electron chi connectivity index (χ2n) is 8.37. The predicted molar refractivity (Wildman–Crippen MR) is 117 cm³/mol. The maximum Gasteiger partial charge on any atom is 0.408 e. The standard InChI is InChI=1S/C19H28N6O6S/c1-10(26)30-9-11-8-12(32)15-13(23-18(29)31-19(2,3)4)17(28)25(15)14(11)16(27)21-6-5-7-22-24-20/h8,12-15,32H,5-7,9H2,1-4H3,(H,21,27)(H,23,29)/t12-,13-,14-,15+/m1/s1. The van der Waals surface area contributed by atoms with E-state index in [2.05, 4.69) is 33.3 Å².